The van der Waals surface area contributed by atoms with Crippen molar-refractivity contribution in [3.05, 3.63) is 120 Å². The number of hydrogen-bond donors (Lipinski definition) is 0. The monoisotopic (exact) mass is 504 g/mol. The van der Waals surface area contributed by atoms with Crippen LogP contribution >= 0.6 is 0 Å². The van der Waals surface area contributed by atoms with Gasteiger partial charge < -0.3 is 4.42 Å². The lowest BCUT2D eigenvalue weighted by atomic mass is 9.85. The van der Waals surface area contributed by atoms with Crippen molar-refractivity contribution >= 4 is 22.1 Å². The Kier molecular flexibility index (Phi) is 4.50. The van der Waals surface area contributed by atoms with Crippen LogP contribution in [-0.4, -0.2) is 19.5 Å². The number of fused-ring (bicyclic) bond motifs is 7. The molecule has 0 N–H and O–H groups in total. The smallest absolute Gasteiger partial charge is 0.238 e. The predicted octanol–water partition coefficient (Wildman–Crippen LogP) is 8.20. The van der Waals surface area contributed by atoms with Gasteiger partial charge >= 0.3 is 0 Å². The van der Waals surface area contributed by atoms with Crippen LogP contribution in [0.25, 0.3) is 61.9 Å². The van der Waals surface area contributed by atoms with Gasteiger partial charge in [-0.1, -0.05) is 111 Å². The van der Waals surface area contributed by atoms with Gasteiger partial charge in [0.1, 0.15) is 11.1 Å². The second-order valence-electron chi connectivity index (χ2n) is 10.5. The van der Waals surface area contributed by atoms with E-state index in [4.69, 9.17) is 19.4 Å². The fraction of sp³-hybridized carbons (Fsp3) is 0.0882. The van der Waals surface area contributed by atoms with Gasteiger partial charge in [-0.25, -0.2) is 4.98 Å². The van der Waals surface area contributed by atoms with Gasteiger partial charge in [0, 0.05) is 33.2 Å². The van der Waals surface area contributed by atoms with Crippen molar-refractivity contribution in [2.75, 3.05) is 0 Å². The highest BCUT2D eigenvalue weighted by molar-refractivity contribution is 6.12. The Morgan fingerprint density at radius 1 is 0.641 bits per heavy atom. The molecule has 3 heterocycles. The molecule has 186 valence electrons. The molecule has 5 heteroatoms. The highest BCUT2D eigenvalue weighted by atomic mass is 16.3. The van der Waals surface area contributed by atoms with Crippen LogP contribution < -0.4 is 0 Å². The minimum atomic E-state index is -0.291. The van der Waals surface area contributed by atoms with E-state index in [1.54, 1.807) is 0 Å². The summed E-state index contributed by atoms with van der Waals surface area (Å²) in [6.45, 7) is 4.54. The number of hydrogen-bond acceptors (Lipinski definition) is 4. The van der Waals surface area contributed by atoms with Crippen LogP contribution in [0.2, 0.25) is 0 Å². The third kappa shape index (κ3) is 3.10. The summed E-state index contributed by atoms with van der Waals surface area (Å²) in [7, 11) is 0. The van der Waals surface area contributed by atoms with Crippen molar-refractivity contribution in [2.24, 2.45) is 0 Å². The Morgan fingerprint density at radius 2 is 1.23 bits per heavy atom. The van der Waals surface area contributed by atoms with E-state index in [1.165, 1.54) is 11.1 Å². The Hall–Kier alpha value is -5.03. The molecule has 4 aromatic carbocycles. The van der Waals surface area contributed by atoms with Crippen molar-refractivity contribution in [1.82, 2.24) is 19.5 Å². The van der Waals surface area contributed by atoms with Gasteiger partial charge in [0.05, 0.1) is 0 Å². The number of aromatic nitrogens is 4. The summed E-state index contributed by atoms with van der Waals surface area (Å²) in [6.07, 6.45) is 0. The van der Waals surface area contributed by atoms with Crippen LogP contribution in [0.1, 0.15) is 25.1 Å². The average molecular weight is 505 g/mol. The summed E-state index contributed by atoms with van der Waals surface area (Å²) in [4.78, 5) is 15.2. The van der Waals surface area contributed by atoms with Gasteiger partial charge in [0.2, 0.25) is 5.95 Å². The molecule has 0 unspecified atom stereocenters. The normalized spacial score (nSPS) is 13.6. The van der Waals surface area contributed by atoms with Crippen LogP contribution in [0.4, 0.5) is 0 Å². The van der Waals surface area contributed by atoms with Gasteiger partial charge in [-0.15, -0.1) is 0 Å². The number of furan rings is 1. The minimum Gasteiger partial charge on any atom is -0.454 e. The Bertz CT molecular complexity index is 1980. The first-order valence-electron chi connectivity index (χ1n) is 13.1. The van der Waals surface area contributed by atoms with Crippen molar-refractivity contribution in [3.63, 3.8) is 0 Å². The van der Waals surface area contributed by atoms with E-state index in [-0.39, 0.29) is 5.41 Å². The summed E-state index contributed by atoms with van der Waals surface area (Å²) in [5, 5.41) is 1.04. The topological polar surface area (TPSA) is 56.7 Å². The zero-order chi connectivity index (χ0) is 26.1. The minimum absolute atomic E-state index is 0.291. The summed E-state index contributed by atoms with van der Waals surface area (Å²) in [6, 6.07) is 37.0. The van der Waals surface area contributed by atoms with Gasteiger partial charge in [-0.2, -0.15) is 9.97 Å². The molecule has 0 atom stereocenters. The SMILES string of the molecule is CC1(C)c2ccccc2-c2c1n(-c1nc(-c3ccccc3)nc(-c3ccccc3)n1)c1c2oc2ccccc21. The van der Waals surface area contributed by atoms with E-state index in [1.807, 2.05) is 72.8 Å². The maximum absolute atomic E-state index is 6.59. The summed E-state index contributed by atoms with van der Waals surface area (Å²) >= 11 is 0. The van der Waals surface area contributed by atoms with Crippen LogP contribution in [0.5, 0.6) is 0 Å². The summed E-state index contributed by atoms with van der Waals surface area (Å²) in [5.41, 5.74) is 9.01. The van der Waals surface area contributed by atoms with E-state index in [2.05, 4.69) is 54.8 Å². The first kappa shape index (κ1) is 22.0. The van der Waals surface area contributed by atoms with Crippen LogP contribution in [-0.2, 0) is 5.41 Å². The van der Waals surface area contributed by atoms with Crippen molar-refractivity contribution < 1.29 is 4.42 Å². The van der Waals surface area contributed by atoms with Crippen LogP contribution in [0.3, 0.4) is 0 Å². The molecule has 0 aliphatic heterocycles. The fourth-order valence-electron chi connectivity index (χ4n) is 6.07. The number of nitrogens with zero attached hydrogens (tertiary/aromatic N) is 4. The molecule has 1 aliphatic rings. The maximum Gasteiger partial charge on any atom is 0.238 e. The van der Waals surface area contributed by atoms with Gasteiger partial charge in [-0.3, -0.25) is 4.57 Å². The van der Waals surface area contributed by atoms with E-state index in [0.29, 0.717) is 17.6 Å². The molecule has 0 bridgehead atoms. The van der Waals surface area contributed by atoms with E-state index in [9.17, 15) is 0 Å². The largest absolute Gasteiger partial charge is 0.454 e. The molecule has 0 amide bonds. The average Bonchev–Trinajstić information content (AvgIpc) is 3.60. The second kappa shape index (κ2) is 7.98. The fourth-order valence-corrected chi connectivity index (χ4v) is 6.07. The number of para-hydroxylation sites is 1. The summed E-state index contributed by atoms with van der Waals surface area (Å²) < 4.78 is 8.80. The molecule has 0 spiro atoms. The van der Waals surface area contributed by atoms with Gasteiger partial charge in [-0.05, 0) is 23.3 Å². The zero-order valence-electron chi connectivity index (χ0n) is 21.6. The van der Waals surface area contributed by atoms with E-state index in [0.717, 1.165) is 44.5 Å². The zero-order valence-corrected chi connectivity index (χ0v) is 21.6. The lowest BCUT2D eigenvalue weighted by Crippen LogP contribution is -2.21. The van der Waals surface area contributed by atoms with Crippen molar-refractivity contribution in [2.45, 2.75) is 19.3 Å². The highest BCUT2D eigenvalue weighted by Crippen LogP contribution is 2.54. The Morgan fingerprint density at radius 3 is 1.92 bits per heavy atom. The van der Waals surface area contributed by atoms with Crippen molar-refractivity contribution in [1.29, 1.82) is 0 Å². The Balaban J connectivity index is 1.52. The van der Waals surface area contributed by atoms with E-state index >= 15 is 0 Å². The summed E-state index contributed by atoms with van der Waals surface area (Å²) in [5.74, 6) is 1.86. The van der Waals surface area contributed by atoms with Crippen LogP contribution in [0, 0.1) is 0 Å². The highest BCUT2D eigenvalue weighted by Gasteiger charge is 2.43. The molecule has 3 aromatic heterocycles. The maximum atomic E-state index is 6.59. The number of rotatable bonds is 3. The molecule has 1 aliphatic carbocycles. The van der Waals surface area contributed by atoms with Gasteiger partial charge in [0.25, 0.3) is 0 Å². The predicted molar refractivity (Wildman–Crippen MR) is 155 cm³/mol. The molecule has 39 heavy (non-hydrogen) atoms. The third-order valence-electron chi connectivity index (χ3n) is 7.83. The lowest BCUT2D eigenvalue weighted by Gasteiger charge is -2.23. The second-order valence-corrected chi connectivity index (χ2v) is 10.5. The molecule has 0 saturated heterocycles. The Labute approximate surface area is 225 Å². The molecule has 8 rings (SSSR count). The number of benzene rings is 4. The lowest BCUT2D eigenvalue weighted by molar-refractivity contribution is 0.617. The van der Waals surface area contributed by atoms with Crippen molar-refractivity contribution in [3.8, 4) is 39.9 Å². The molecular weight excluding hydrogens is 480 g/mol. The molecule has 0 radical (unpaired) electrons. The molecule has 7 aromatic rings. The van der Waals surface area contributed by atoms with E-state index < -0.39 is 0 Å². The molecule has 0 saturated carbocycles. The molecular formula is C34H24N4O. The van der Waals surface area contributed by atoms with Gasteiger partial charge in [0.15, 0.2) is 17.2 Å². The van der Waals surface area contributed by atoms with Crippen LogP contribution in [0.15, 0.2) is 114 Å². The molecule has 0 fully saturated rings. The first-order chi connectivity index (χ1) is 19.1. The standard InChI is InChI=1S/C34H24N4O/c1-34(2)25-19-11-9-17-23(25)27-29-28(24-18-10-12-20-26(24)39-29)38(30(27)34)33-36-31(21-13-5-3-6-14-21)35-32(37-33)22-15-7-4-8-16-22/h3-20H,1-2H3. The quantitative estimate of drug-likeness (QED) is 0.243. The third-order valence-corrected chi connectivity index (χ3v) is 7.83. The first-order valence-corrected chi connectivity index (χ1v) is 13.1. The molecule has 5 nitrogen and oxygen atoms in total.